The lowest BCUT2D eigenvalue weighted by molar-refractivity contribution is -0.132. The van der Waals surface area contributed by atoms with Gasteiger partial charge in [-0.1, -0.05) is 0 Å². The highest BCUT2D eigenvalue weighted by Crippen LogP contribution is 2.44. The highest BCUT2D eigenvalue weighted by molar-refractivity contribution is 5.72. The Balaban J connectivity index is 2.56. The quantitative estimate of drug-likeness (QED) is 0.672. The average molecular weight is 292 g/mol. The van der Waals surface area contributed by atoms with E-state index in [1.807, 2.05) is 27.7 Å². The van der Waals surface area contributed by atoms with E-state index in [1.165, 1.54) is 6.92 Å². The van der Waals surface area contributed by atoms with Gasteiger partial charge in [0.15, 0.2) is 0 Å². The summed E-state index contributed by atoms with van der Waals surface area (Å²) in [5, 5.41) is 9.97. The van der Waals surface area contributed by atoms with Gasteiger partial charge in [0.05, 0.1) is 6.10 Å². The topological polar surface area (TPSA) is 55.8 Å². The normalized spacial score (nSPS) is 22.2. The van der Waals surface area contributed by atoms with Gasteiger partial charge in [0.25, 0.3) is 0 Å². The van der Waals surface area contributed by atoms with Gasteiger partial charge in [-0.25, -0.2) is 0 Å². The molecule has 1 aliphatic rings. The SMILES string of the molecule is CC(=O)Oc1c(C)c(C)c2c(c1C)CCC(C)(C(C)O)O2. The third-order valence-electron chi connectivity index (χ3n) is 4.65. The van der Waals surface area contributed by atoms with E-state index >= 15 is 0 Å². The number of hydrogen-bond donors (Lipinski definition) is 1. The summed E-state index contributed by atoms with van der Waals surface area (Å²) in [6, 6.07) is 0. The van der Waals surface area contributed by atoms with Crippen LogP contribution < -0.4 is 9.47 Å². The molecule has 0 amide bonds. The van der Waals surface area contributed by atoms with Crippen LogP contribution in [-0.2, 0) is 11.2 Å². The molecule has 0 bridgehead atoms. The van der Waals surface area contributed by atoms with Crippen LogP contribution in [-0.4, -0.2) is 22.8 Å². The highest BCUT2D eigenvalue weighted by atomic mass is 16.5. The molecule has 2 rings (SSSR count). The van der Waals surface area contributed by atoms with E-state index in [2.05, 4.69) is 0 Å². The zero-order valence-electron chi connectivity index (χ0n) is 13.7. The van der Waals surface area contributed by atoms with Crippen LogP contribution in [0, 0.1) is 20.8 Å². The molecule has 4 heteroatoms. The first-order valence-corrected chi connectivity index (χ1v) is 7.35. The Morgan fingerprint density at radius 3 is 2.43 bits per heavy atom. The van der Waals surface area contributed by atoms with Crippen LogP contribution in [0.1, 0.15) is 49.4 Å². The molecule has 1 aromatic rings. The number of aliphatic hydroxyl groups is 1. The van der Waals surface area contributed by atoms with E-state index in [9.17, 15) is 9.90 Å². The number of carbonyl (C=O) groups is 1. The van der Waals surface area contributed by atoms with Gasteiger partial charge in [-0.05, 0) is 64.2 Å². The highest BCUT2D eigenvalue weighted by Gasteiger charge is 2.38. The van der Waals surface area contributed by atoms with Gasteiger partial charge in [-0.15, -0.1) is 0 Å². The standard InChI is InChI=1S/C17H24O4/c1-9-10(2)16-14(11(3)15(9)20-13(5)19)7-8-17(6,21-16)12(4)18/h12,18H,7-8H2,1-6H3. The second-order valence-electron chi connectivity index (χ2n) is 6.20. The molecule has 0 saturated carbocycles. The molecule has 0 fully saturated rings. The van der Waals surface area contributed by atoms with Gasteiger partial charge in [-0.3, -0.25) is 4.79 Å². The minimum atomic E-state index is -0.570. The molecule has 21 heavy (non-hydrogen) atoms. The zero-order chi connectivity index (χ0) is 15.9. The third kappa shape index (κ3) is 2.64. The molecule has 1 N–H and O–H groups in total. The van der Waals surface area contributed by atoms with Crippen LogP contribution in [0.25, 0.3) is 0 Å². The minimum Gasteiger partial charge on any atom is -0.484 e. The molecule has 0 aromatic heterocycles. The molecule has 116 valence electrons. The van der Waals surface area contributed by atoms with Crippen molar-refractivity contribution in [1.29, 1.82) is 0 Å². The van der Waals surface area contributed by atoms with E-state index in [4.69, 9.17) is 9.47 Å². The van der Waals surface area contributed by atoms with Crippen molar-refractivity contribution in [3.63, 3.8) is 0 Å². The first-order valence-electron chi connectivity index (χ1n) is 7.35. The first kappa shape index (κ1) is 15.8. The Hall–Kier alpha value is -1.55. The number of rotatable bonds is 2. The Morgan fingerprint density at radius 1 is 1.29 bits per heavy atom. The van der Waals surface area contributed by atoms with Crippen LogP contribution >= 0.6 is 0 Å². The molecule has 1 aliphatic heterocycles. The Bertz CT molecular complexity index is 589. The number of benzene rings is 1. The molecule has 0 radical (unpaired) electrons. The molecular weight excluding hydrogens is 268 g/mol. The second kappa shape index (κ2) is 5.34. The fraction of sp³-hybridized carbons (Fsp3) is 0.588. The molecule has 0 spiro atoms. The molecule has 2 unspecified atom stereocenters. The van der Waals surface area contributed by atoms with Crippen molar-refractivity contribution in [1.82, 2.24) is 0 Å². The maximum atomic E-state index is 11.3. The summed E-state index contributed by atoms with van der Waals surface area (Å²) >= 11 is 0. The summed E-state index contributed by atoms with van der Waals surface area (Å²) in [7, 11) is 0. The van der Waals surface area contributed by atoms with Crippen molar-refractivity contribution >= 4 is 5.97 Å². The van der Waals surface area contributed by atoms with E-state index in [-0.39, 0.29) is 5.97 Å². The minimum absolute atomic E-state index is 0.314. The van der Waals surface area contributed by atoms with Gasteiger partial charge in [0.1, 0.15) is 17.1 Å². The van der Waals surface area contributed by atoms with Gasteiger partial charge in [0, 0.05) is 12.5 Å². The molecule has 0 aliphatic carbocycles. The monoisotopic (exact) mass is 292 g/mol. The summed E-state index contributed by atoms with van der Waals surface area (Å²) in [5.74, 6) is 1.16. The van der Waals surface area contributed by atoms with Crippen LogP contribution in [0.3, 0.4) is 0 Å². The van der Waals surface area contributed by atoms with E-state index < -0.39 is 11.7 Å². The van der Waals surface area contributed by atoms with Gasteiger partial charge < -0.3 is 14.6 Å². The van der Waals surface area contributed by atoms with Gasteiger partial charge >= 0.3 is 5.97 Å². The number of carbonyl (C=O) groups excluding carboxylic acids is 1. The molecule has 0 saturated heterocycles. The largest absolute Gasteiger partial charge is 0.484 e. The van der Waals surface area contributed by atoms with Gasteiger partial charge in [-0.2, -0.15) is 0 Å². The summed E-state index contributed by atoms with van der Waals surface area (Å²) in [6.07, 6.45) is 0.997. The summed E-state index contributed by atoms with van der Waals surface area (Å²) in [4.78, 5) is 11.3. The lowest BCUT2D eigenvalue weighted by atomic mass is 9.85. The molecule has 4 nitrogen and oxygen atoms in total. The Morgan fingerprint density at radius 2 is 1.90 bits per heavy atom. The lowest BCUT2D eigenvalue weighted by Crippen LogP contribution is -2.46. The van der Waals surface area contributed by atoms with E-state index in [0.717, 1.165) is 40.8 Å². The molecule has 2 atom stereocenters. The third-order valence-corrected chi connectivity index (χ3v) is 4.65. The van der Waals surface area contributed by atoms with Crippen molar-refractivity contribution in [2.24, 2.45) is 0 Å². The fourth-order valence-electron chi connectivity index (χ4n) is 2.84. The molecule has 1 heterocycles. The summed E-state index contributed by atoms with van der Waals surface area (Å²) in [5.41, 5.74) is 3.35. The van der Waals surface area contributed by atoms with Gasteiger partial charge in [0.2, 0.25) is 0 Å². The van der Waals surface area contributed by atoms with Crippen molar-refractivity contribution < 1.29 is 19.4 Å². The van der Waals surface area contributed by atoms with Crippen molar-refractivity contribution in [2.75, 3.05) is 0 Å². The van der Waals surface area contributed by atoms with E-state index in [1.54, 1.807) is 6.92 Å². The lowest BCUT2D eigenvalue weighted by Gasteiger charge is -2.39. The van der Waals surface area contributed by atoms with Crippen molar-refractivity contribution in [2.45, 2.75) is 66.1 Å². The van der Waals surface area contributed by atoms with Crippen LogP contribution in [0.2, 0.25) is 0 Å². The maximum Gasteiger partial charge on any atom is 0.308 e. The maximum absolute atomic E-state index is 11.3. The smallest absolute Gasteiger partial charge is 0.308 e. The summed E-state index contributed by atoms with van der Waals surface area (Å²) < 4.78 is 11.5. The summed E-state index contributed by atoms with van der Waals surface area (Å²) in [6.45, 7) is 11.0. The zero-order valence-corrected chi connectivity index (χ0v) is 13.7. The van der Waals surface area contributed by atoms with Crippen LogP contribution in [0.4, 0.5) is 0 Å². The Labute approximate surface area is 126 Å². The van der Waals surface area contributed by atoms with Crippen molar-refractivity contribution in [3.8, 4) is 11.5 Å². The number of aliphatic hydroxyl groups excluding tert-OH is 1. The van der Waals surface area contributed by atoms with Crippen LogP contribution in [0.5, 0.6) is 11.5 Å². The predicted octanol–water partition coefficient (Wildman–Crippen LogP) is 3.00. The number of hydrogen-bond acceptors (Lipinski definition) is 4. The first-order chi connectivity index (χ1) is 9.67. The van der Waals surface area contributed by atoms with Crippen molar-refractivity contribution in [3.05, 3.63) is 22.3 Å². The number of fused-ring (bicyclic) bond motifs is 1. The molecule has 1 aromatic carbocycles. The van der Waals surface area contributed by atoms with Crippen LogP contribution in [0.15, 0.2) is 0 Å². The second-order valence-corrected chi connectivity index (χ2v) is 6.20. The Kier molecular flexibility index (Phi) is 4.02. The fourth-order valence-corrected chi connectivity index (χ4v) is 2.84. The average Bonchev–Trinajstić information content (AvgIpc) is 2.40. The number of ether oxygens (including phenoxy) is 2. The van der Waals surface area contributed by atoms with E-state index in [0.29, 0.717) is 5.75 Å². The molecular formula is C17H24O4. The number of esters is 1. The predicted molar refractivity (Wildman–Crippen MR) is 81.0 cm³/mol.